The lowest BCUT2D eigenvalue weighted by molar-refractivity contribution is -0.0159. The third-order valence-electron chi connectivity index (χ3n) is 7.86. The standard InChI is InChI=1S/C27H30N10O/c1-18(2)24-29-8-4-22(34-24)26(38)36-11-9-35(10-12-36)20-13-27(14-20,5-6-28)37-16-19(15-33-37)23-21-3-7-30-25(21)32-17-31-23/h3-4,7-8,15-18,20H,5,9-14H2,1-2H3,(H,30,31,32)/t20-,27+. The maximum absolute atomic E-state index is 13.1. The van der Waals surface area contributed by atoms with Crippen molar-refractivity contribution in [1.29, 1.82) is 5.26 Å². The Kier molecular flexibility index (Phi) is 6.12. The Morgan fingerprint density at radius 3 is 2.76 bits per heavy atom. The highest BCUT2D eigenvalue weighted by Gasteiger charge is 2.49. The van der Waals surface area contributed by atoms with Crippen molar-refractivity contribution < 1.29 is 4.79 Å². The number of carbonyl (C=O) groups is 1. The predicted molar refractivity (Wildman–Crippen MR) is 140 cm³/mol. The number of nitrogens with zero attached hydrogens (tertiary/aromatic N) is 9. The van der Waals surface area contributed by atoms with Crippen LogP contribution >= 0.6 is 0 Å². The van der Waals surface area contributed by atoms with Gasteiger partial charge in [0.05, 0.1) is 29.9 Å². The van der Waals surface area contributed by atoms with Gasteiger partial charge in [-0.2, -0.15) is 10.4 Å². The fraction of sp³-hybridized carbons (Fsp3) is 0.444. The van der Waals surface area contributed by atoms with Crippen molar-refractivity contribution in [3.8, 4) is 17.3 Å². The van der Waals surface area contributed by atoms with Crippen LogP contribution in [0, 0.1) is 11.3 Å². The number of carbonyl (C=O) groups excluding carboxylic acids is 1. The number of fused-ring (bicyclic) bond motifs is 1. The molecule has 1 N–H and O–H groups in total. The minimum absolute atomic E-state index is 0.0355. The number of amides is 1. The summed E-state index contributed by atoms with van der Waals surface area (Å²) in [6.45, 7) is 6.97. The molecule has 1 aliphatic carbocycles. The number of H-pyrrole nitrogens is 1. The van der Waals surface area contributed by atoms with E-state index in [1.54, 1.807) is 18.6 Å². The highest BCUT2D eigenvalue weighted by molar-refractivity contribution is 5.92. The Bertz CT molecular complexity index is 1500. The van der Waals surface area contributed by atoms with Gasteiger partial charge in [0.25, 0.3) is 5.91 Å². The minimum Gasteiger partial charge on any atom is -0.346 e. The lowest BCUT2D eigenvalue weighted by Crippen LogP contribution is -2.60. The Balaban J connectivity index is 1.11. The smallest absolute Gasteiger partial charge is 0.272 e. The van der Waals surface area contributed by atoms with E-state index in [1.807, 2.05) is 48.1 Å². The summed E-state index contributed by atoms with van der Waals surface area (Å²) in [5.41, 5.74) is 2.66. The molecule has 1 amide bonds. The number of hydrogen-bond acceptors (Lipinski definition) is 8. The fourth-order valence-electron chi connectivity index (χ4n) is 5.67. The lowest BCUT2D eigenvalue weighted by Gasteiger charge is -2.52. The van der Waals surface area contributed by atoms with Crippen LogP contribution in [0.1, 0.15) is 55.3 Å². The molecule has 0 aromatic carbocycles. The molecule has 194 valence electrons. The molecule has 38 heavy (non-hydrogen) atoms. The van der Waals surface area contributed by atoms with Crippen molar-refractivity contribution >= 4 is 16.9 Å². The molecule has 5 heterocycles. The van der Waals surface area contributed by atoms with E-state index in [9.17, 15) is 10.1 Å². The first-order chi connectivity index (χ1) is 18.5. The van der Waals surface area contributed by atoms with Crippen molar-refractivity contribution in [3.63, 3.8) is 0 Å². The van der Waals surface area contributed by atoms with E-state index in [0.29, 0.717) is 37.1 Å². The molecule has 0 spiro atoms. The SMILES string of the molecule is CC(C)c1nccc(C(=O)N2CCN([C@H]3C[C@@](CC#N)(n4cc(-c5ncnc6[nH]ccc56)cn4)C3)CC2)n1. The number of hydrogen-bond donors (Lipinski definition) is 1. The molecule has 1 aliphatic heterocycles. The van der Waals surface area contributed by atoms with Crippen molar-refractivity contribution in [2.75, 3.05) is 26.2 Å². The average Bonchev–Trinajstić information content (AvgIpc) is 3.61. The van der Waals surface area contributed by atoms with E-state index in [2.05, 4.69) is 41.0 Å². The van der Waals surface area contributed by atoms with E-state index in [1.165, 1.54) is 0 Å². The number of rotatable bonds is 6. The van der Waals surface area contributed by atoms with Crippen LogP contribution in [0.5, 0.6) is 0 Å². The van der Waals surface area contributed by atoms with Gasteiger partial charge >= 0.3 is 0 Å². The second kappa shape index (κ2) is 9.61. The third-order valence-corrected chi connectivity index (χ3v) is 7.86. The van der Waals surface area contributed by atoms with Crippen LogP contribution in [0.3, 0.4) is 0 Å². The molecule has 11 heteroatoms. The molecular formula is C27H30N10O. The number of aromatic nitrogens is 7. The first kappa shape index (κ1) is 24.2. The van der Waals surface area contributed by atoms with Gasteiger partial charge in [0.15, 0.2) is 0 Å². The summed E-state index contributed by atoms with van der Waals surface area (Å²) in [6.07, 6.45) is 11.0. The highest BCUT2D eigenvalue weighted by atomic mass is 16.2. The molecular weight excluding hydrogens is 480 g/mol. The number of piperazine rings is 1. The van der Waals surface area contributed by atoms with Gasteiger partial charge in [-0.15, -0.1) is 0 Å². The van der Waals surface area contributed by atoms with Crippen LogP contribution in [0.2, 0.25) is 0 Å². The first-order valence-corrected chi connectivity index (χ1v) is 13.0. The second-order valence-corrected chi connectivity index (χ2v) is 10.5. The van der Waals surface area contributed by atoms with Gasteiger partial charge in [0, 0.05) is 67.7 Å². The van der Waals surface area contributed by atoms with Crippen LogP contribution in [0.15, 0.2) is 43.2 Å². The van der Waals surface area contributed by atoms with Crippen molar-refractivity contribution in [2.45, 2.75) is 50.6 Å². The molecule has 4 aromatic rings. The maximum atomic E-state index is 13.1. The Morgan fingerprint density at radius 2 is 2.00 bits per heavy atom. The average molecular weight is 511 g/mol. The molecule has 0 atom stereocenters. The summed E-state index contributed by atoms with van der Waals surface area (Å²) >= 11 is 0. The molecule has 0 radical (unpaired) electrons. The molecule has 0 unspecified atom stereocenters. The number of aromatic amines is 1. The maximum Gasteiger partial charge on any atom is 0.272 e. The number of nitriles is 1. The normalized spacial score (nSPS) is 21.9. The van der Waals surface area contributed by atoms with Crippen molar-refractivity contribution in [3.05, 3.63) is 54.8 Å². The zero-order valence-electron chi connectivity index (χ0n) is 21.6. The van der Waals surface area contributed by atoms with Gasteiger partial charge in [-0.05, 0) is 25.0 Å². The zero-order chi connectivity index (χ0) is 26.3. The van der Waals surface area contributed by atoms with E-state index in [-0.39, 0.29) is 17.4 Å². The van der Waals surface area contributed by atoms with Crippen LogP contribution in [0.25, 0.3) is 22.3 Å². The Labute approximate surface area is 220 Å². The summed E-state index contributed by atoms with van der Waals surface area (Å²) in [4.78, 5) is 38.0. The summed E-state index contributed by atoms with van der Waals surface area (Å²) in [7, 11) is 0. The van der Waals surface area contributed by atoms with Gasteiger partial charge in [-0.25, -0.2) is 19.9 Å². The first-order valence-electron chi connectivity index (χ1n) is 13.0. The van der Waals surface area contributed by atoms with Crippen LogP contribution < -0.4 is 0 Å². The van der Waals surface area contributed by atoms with E-state index < -0.39 is 0 Å². The topological polar surface area (TPSA) is 133 Å². The third kappa shape index (κ3) is 4.20. The zero-order valence-corrected chi connectivity index (χ0v) is 21.6. The van der Waals surface area contributed by atoms with E-state index in [4.69, 9.17) is 0 Å². The van der Waals surface area contributed by atoms with Crippen LogP contribution in [-0.2, 0) is 5.54 Å². The van der Waals surface area contributed by atoms with Crippen molar-refractivity contribution in [1.82, 2.24) is 44.5 Å². The van der Waals surface area contributed by atoms with Gasteiger partial charge in [0.2, 0.25) is 0 Å². The fourth-order valence-corrected chi connectivity index (χ4v) is 5.67. The molecule has 1 saturated carbocycles. The van der Waals surface area contributed by atoms with Gasteiger partial charge in [-0.3, -0.25) is 14.4 Å². The summed E-state index contributed by atoms with van der Waals surface area (Å²) < 4.78 is 1.96. The second-order valence-electron chi connectivity index (χ2n) is 10.5. The molecule has 2 fully saturated rings. The van der Waals surface area contributed by atoms with Crippen LogP contribution in [-0.4, -0.2) is 82.6 Å². The summed E-state index contributed by atoms with van der Waals surface area (Å²) in [6, 6.07) is 6.40. The van der Waals surface area contributed by atoms with Crippen LogP contribution in [0.4, 0.5) is 0 Å². The molecule has 0 bridgehead atoms. The molecule has 2 aliphatic rings. The highest BCUT2D eigenvalue weighted by Crippen LogP contribution is 2.45. The van der Waals surface area contributed by atoms with Gasteiger partial charge < -0.3 is 9.88 Å². The Morgan fingerprint density at radius 1 is 1.18 bits per heavy atom. The number of nitrogens with one attached hydrogen (secondary N) is 1. The summed E-state index contributed by atoms with van der Waals surface area (Å²) in [5, 5.41) is 15.3. The molecule has 6 rings (SSSR count). The minimum atomic E-state index is -0.330. The van der Waals surface area contributed by atoms with E-state index in [0.717, 1.165) is 48.2 Å². The monoisotopic (exact) mass is 510 g/mol. The van der Waals surface area contributed by atoms with E-state index >= 15 is 0 Å². The molecule has 1 saturated heterocycles. The Hall–Kier alpha value is -4.17. The van der Waals surface area contributed by atoms with Gasteiger partial charge in [-0.1, -0.05) is 13.8 Å². The molecule has 11 nitrogen and oxygen atoms in total. The predicted octanol–water partition coefficient (Wildman–Crippen LogP) is 2.96. The largest absolute Gasteiger partial charge is 0.346 e. The molecule has 4 aromatic heterocycles. The lowest BCUT2D eigenvalue weighted by atomic mass is 9.70. The summed E-state index contributed by atoms with van der Waals surface area (Å²) in [5.74, 6) is 0.830. The van der Waals surface area contributed by atoms with Gasteiger partial charge in [0.1, 0.15) is 23.5 Å². The quantitative estimate of drug-likeness (QED) is 0.419. The van der Waals surface area contributed by atoms with Crippen molar-refractivity contribution in [2.24, 2.45) is 0 Å².